The summed E-state index contributed by atoms with van der Waals surface area (Å²) in [4.78, 5) is 22.1. The van der Waals surface area contributed by atoms with Crippen LogP contribution in [0.25, 0.3) is 11.0 Å². The summed E-state index contributed by atoms with van der Waals surface area (Å²) in [6, 6.07) is 7.94. The number of H-pyrrole nitrogens is 1. The van der Waals surface area contributed by atoms with E-state index in [1.54, 1.807) is 0 Å². The fourth-order valence-electron chi connectivity index (χ4n) is 2.70. The molecule has 2 aromatic rings. The lowest BCUT2D eigenvalue weighted by Crippen LogP contribution is -2.33. The van der Waals surface area contributed by atoms with Gasteiger partial charge in [0.1, 0.15) is 0 Å². The van der Waals surface area contributed by atoms with E-state index in [0.29, 0.717) is 13.2 Å². The number of fused-ring (bicyclic) bond motifs is 1. The minimum atomic E-state index is -0.436. The van der Waals surface area contributed by atoms with Gasteiger partial charge in [0, 0.05) is 13.1 Å². The number of rotatable bonds is 3. The molecule has 0 bridgehead atoms. The SMILES string of the molecule is CCOC(=O)C1(C)CCN(c2nc3ccccc3[nH]2)C1. The number of hydrogen-bond donors (Lipinski definition) is 1. The van der Waals surface area contributed by atoms with E-state index >= 15 is 0 Å². The van der Waals surface area contributed by atoms with Crippen molar-refractivity contribution in [2.75, 3.05) is 24.6 Å². The highest BCUT2D eigenvalue weighted by molar-refractivity contribution is 5.80. The maximum atomic E-state index is 12.0. The molecule has 1 aromatic heterocycles. The molecule has 1 atom stereocenters. The molecule has 1 aliphatic rings. The van der Waals surface area contributed by atoms with Crippen LogP contribution in [0, 0.1) is 5.41 Å². The molecule has 1 aromatic carbocycles. The van der Waals surface area contributed by atoms with Crippen LogP contribution in [0.2, 0.25) is 0 Å². The normalized spacial score (nSPS) is 22.4. The van der Waals surface area contributed by atoms with Gasteiger partial charge in [-0.05, 0) is 32.4 Å². The average molecular weight is 273 g/mol. The van der Waals surface area contributed by atoms with Gasteiger partial charge in [-0.15, -0.1) is 0 Å². The first kappa shape index (κ1) is 13.0. The van der Waals surface area contributed by atoms with E-state index in [1.807, 2.05) is 38.1 Å². The zero-order valence-electron chi connectivity index (χ0n) is 11.8. The summed E-state index contributed by atoms with van der Waals surface area (Å²) in [5.74, 6) is 0.720. The van der Waals surface area contributed by atoms with Crippen molar-refractivity contribution < 1.29 is 9.53 Å². The third-order valence-electron chi connectivity index (χ3n) is 3.92. The summed E-state index contributed by atoms with van der Waals surface area (Å²) in [6.07, 6.45) is 0.795. The molecule has 5 nitrogen and oxygen atoms in total. The smallest absolute Gasteiger partial charge is 0.313 e. The lowest BCUT2D eigenvalue weighted by molar-refractivity contribution is -0.153. The second-order valence-electron chi connectivity index (χ2n) is 5.53. The molecule has 1 fully saturated rings. The second kappa shape index (κ2) is 4.81. The van der Waals surface area contributed by atoms with Gasteiger partial charge in [0.25, 0.3) is 0 Å². The summed E-state index contributed by atoms with van der Waals surface area (Å²) in [5, 5.41) is 0. The number of anilines is 1. The van der Waals surface area contributed by atoms with E-state index < -0.39 is 5.41 Å². The molecule has 106 valence electrons. The lowest BCUT2D eigenvalue weighted by atomic mass is 9.90. The van der Waals surface area contributed by atoms with E-state index in [2.05, 4.69) is 14.9 Å². The first-order valence-corrected chi connectivity index (χ1v) is 6.99. The molecule has 1 aliphatic heterocycles. The number of nitrogens with zero attached hydrogens (tertiary/aromatic N) is 2. The van der Waals surface area contributed by atoms with E-state index in [4.69, 9.17) is 4.74 Å². The Morgan fingerprint density at radius 2 is 2.30 bits per heavy atom. The van der Waals surface area contributed by atoms with Gasteiger partial charge in [0.15, 0.2) is 0 Å². The van der Waals surface area contributed by atoms with Gasteiger partial charge in [-0.2, -0.15) is 0 Å². The van der Waals surface area contributed by atoms with Gasteiger partial charge in [-0.25, -0.2) is 4.98 Å². The third-order valence-corrected chi connectivity index (χ3v) is 3.92. The van der Waals surface area contributed by atoms with E-state index in [9.17, 15) is 4.79 Å². The highest BCUT2D eigenvalue weighted by atomic mass is 16.5. The Balaban J connectivity index is 1.81. The van der Waals surface area contributed by atoms with E-state index in [-0.39, 0.29) is 5.97 Å². The Morgan fingerprint density at radius 3 is 3.05 bits per heavy atom. The number of ether oxygens (including phenoxy) is 1. The number of carbonyl (C=O) groups excluding carboxylic acids is 1. The molecule has 0 aliphatic carbocycles. The molecule has 0 amide bonds. The minimum absolute atomic E-state index is 0.112. The first-order valence-electron chi connectivity index (χ1n) is 6.99. The van der Waals surface area contributed by atoms with Crippen molar-refractivity contribution in [3.8, 4) is 0 Å². The highest BCUT2D eigenvalue weighted by Crippen LogP contribution is 2.33. The molecule has 5 heteroatoms. The standard InChI is InChI=1S/C15H19N3O2/c1-3-20-13(19)15(2)8-9-18(10-15)14-16-11-6-4-5-7-12(11)17-14/h4-7H,3,8-10H2,1-2H3,(H,16,17). The fraction of sp³-hybridized carbons (Fsp3) is 0.467. The van der Waals surface area contributed by atoms with Crippen molar-refractivity contribution in [1.29, 1.82) is 0 Å². The van der Waals surface area contributed by atoms with Crippen LogP contribution in [0.3, 0.4) is 0 Å². The predicted octanol–water partition coefficient (Wildman–Crippen LogP) is 2.34. The lowest BCUT2D eigenvalue weighted by Gasteiger charge is -2.22. The molecule has 1 saturated heterocycles. The molecule has 0 radical (unpaired) electrons. The summed E-state index contributed by atoms with van der Waals surface area (Å²) >= 11 is 0. The van der Waals surface area contributed by atoms with Crippen molar-refractivity contribution in [2.24, 2.45) is 5.41 Å². The van der Waals surface area contributed by atoms with Crippen molar-refractivity contribution in [2.45, 2.75) is 20.3 Å². The number of hydrogen-bond acceptors (Lipinski definition) is 4. The van der Waals surface area contributed by atoms with Gasteiger partial charge in [-0.1, -0.05) is 12.1 Å². The van der Waals surface area contributed by atoms with Gasteiger partial charge in [-0.3, -0.25) is 4.79 Å². The Hall–Kier alpha value is -2.04. The van der Waals surface area contributed by atoms with Crippen molar-refractivity contribution in [3.63, 3.8) is 0 Å². The zero-order chi connectivity index (χ0) is 14.2. The molecular formula is C15H19N3O2. The Labute approximate surface area is 117 Å². The van der Waals surface area contributed by atoms with Crippen LogP contribution in [-0.4, -0.2) is 35.6 Å². The summed E-state index contributed by atoms with van der Waals surface area (Å²) < 4.78 is 5.18. The van der Waals surface area contributed by atoms with E-state index in [1.165, 1.54) is 0 Å². The Morgan fingerprint density at radius 1 is 1.50 bits per heavy atom. The van der Waals surface area contributed by atoms with Crippen LogP contribution in [-0.2, 0) is 9.53 Å². The molecule has 2 heterocycles. The fourth-order valence-corrected chi connectivity index (χ4v) is 2.70. The monoisotopic (exact) mass is 273 g/mol. The quantitative estimate of drug-likeness (QED) is 0.872. The van der Waals surface area contributed by atoms with Gasteiger partial charge in [0.2, 0.25) is 5.95 Å². The summed E-state index contributed by atoms with van der Waals surface area (Å²) in [5.41, 5.74) is 1.54. The number of para-hydroxylation sites is 2. The van der Waals surface area contributed by atoms with Crippen LogP contribution in [0.1, 0.15) is 20.3 Å². The first-order chi connectivity index (χ1) is 9.62. The molecule has 1 unspecified atom stereocenters. The zero-order valence-corrected chi connectivity index (χ0v) is 11.8. The average Bonchev–Trinajstić information content (AvgIpc) is 3.03. The predicted molar refractivity (Wildman–Crippen MR) is 77.7 cm³/mol. The maximum absolute atomic E-state index is 12.0. The molecule has 0 spiro atoms. The third kappa shape index (κ3) is 2.13. The number of nitrogens with one attached hydrogen (secondary N) is 1. The summed E-state index contributed by atoms with van der Waals surface area (Å²) in [7, 11) is 0. The number of benzene rings is 1. The molecular weight excluding hydrogens is 254 g/mol. The molecule has 3 rings (SSSR count). The number of imidazole rings is 1. The maximum Gasteiger partial charge on any atom is 0.313 e. The topological polar surface area (TPSA) is 58.2 Å². The van der Waals surface area contributed by atoms with Crippen molar-refractivity contribution >= 4 is 23.0 Å². The molecule has 1 N–H and O–H groups in total. The van der Waals surface area contributed by atoms with Crippen LogP contribution in [0.5, 0.6) is 0 Å². The number of aromatic nitrogens is 2. The second-order valence-corrected chi connectivity index (χ2v) is 5.53. The molecule has 0 saturated carbocycles. The summed E-state index contributed by atoms with van der Waals surface area (Å²) in [6.45, 7) is 5.70. The van der Waals surface area contributed by atoms with Crippen LogP contribution in [0.4, 0.5) is 5.95 Å². The van der Waals surface area contributed by atoms with Crippen molar-refractivity contribution in [3.05, 3.63) is 24.3 Å². The van der Waals surface area contributed by atoms with Crippen LogP contribution < -0.4 is 4.90 Å². The number of esters is 1. The van der Waals surface area contributed by atoms with Gasteiger partial charge < -0.3 is 14.6 Å². The Bertz CT molecular complexity index is 604. The molecule has 20 heavy (non-hydrogen) atoms. The minimum Gasteiger partial charge on any atom is -0.466 e. The van der Waals surface area contributed by atoms with Crippen LogP contribution >= 0.6 is 0 Å². The largest absolute Gasteiger partial charge is 0.466 e. The van der Waals surface area contributed by atoms with Crippen LogP contribution in [0.15, 0.2) is 24.3 Å². The van der Waals surface area contributed by atoms with E-state index in [0.717, 1.165) is 29.9 Å². The van der Waals surface area contributed by atoms with Crippen molar-refractivity contribution in [1.82, 2.24) is 9.97 Å². The number of carbonyl (C=O) groups is 1. The highest BCUT2D eigenvalue weighted by Gasteiger charge is 2.42. The van der Waals surface area contributed by atoms with Gasteiger partial charge >= 0.3 is 5.97 Å². The van der Waals surface area contributed by atoms with Gasteiger partial charge in [0.05, 0.1) is 23.1 Å². The Kier molecular flexibility index (Phi) is 3.12. The number of aromatic amines is 1.